The van der Waals surface area contributed by atoms with Crippen molar-refractivity contribution < 1.29 is 9.47 Å². The van der Waals surface area contributed by atoms with Crippen molar-refractivity contribution in [1.82, 2.24) is 9.97 Å². The highest BCUT2D eigenvalue weighted by atomic mass is 127. The topological polar surface area (TPSA) is 64.2 Å². The van der Waals surface area contributed by atoms with Gasteiger partial charge in [-0.15, -0.1) is 0 Å². The highest BCUT2D eigenvalue weighted by molar-refractivity contribution is 14.1. The van der Waals surface area contributed by atoms with E-state index in [1.54, 1.807) is 7.11 Å². The first-order chi connectivity index (χ1) is 8.48. The number of aromatic nitrogens is 2. The smallest absolute Gasteiger partial charge is 0.264 e. The lowest BCUT2D eigenvalue weighted by Crippen LogP contribution is -2.32. The summed E-state index contributed by atoms with van der Waals surface area (Å²) in [5.74, 6) is 0.560. The molecular formula is C12H19IN2O3. The fraction of sp³-hybridized carbons (Fsp3) is 0.667. The Labute approximate surface area is 120 Å². The third-order valence-electron chi connectivity index (χ3n) is 2.85. The first kappa shape index (κ1) is 15.6. The van der Waals surface area contributed by atoms with Crippen LogP contribution in [0.2, 0.25) is 0 Å². The van der Waals surface area contributed by atoms with Gasteiger partial charge < -0.3 is 14.5 Å². The van der Waals surface area contributed by atoms with Gasteiger partial charge in [0.1, 0.15) is 15.0 Å². The number of rotatable bonds is 6. The zero-order valence-corrected chi connectivity index (χ0v) is 13.3. The minimum Gasteiger partial charge on any atom is -0.378 e. The predicted molar refractivity (Wildman–Crippen MR) is 77.6 cm³/mol. The molecule has 0 saturated carbocycles. The zero-order valence-electron chi connectivity index (χ0n) is 11.2. The summed E-state index contributed by atoms with van der Waals surface area (Å²) < 4.78 is 11.3. The molecule has 0 spiro atoms. The van der Waals surface area contributed by atoms with Crippen molar-refractivity contribution in [3.8, 4) is 0 Å². The number of H-pyrrole nitrogens is 1. The van der Waals surface area contributed by atoms with Gasteiger partial charge in [0, 0.05) is 13.7 Å². The number of ether oxygens (including phenoxy) is 2. The van der Waals surface area contributed by atoms with Gasteiger partial charge in [0.15, 0.2) is 0 Å². The van der Waals surface area contributed by atoms with Crippen LogP contribution in [0, 0.1) is 3.57 Å². The number of nitrogens with zero attached hydrogens (tertiary/aromatic N) is 1. The molecule has 0 aromatic carbocycles. The van der Waals surface area contributed by atoms with Gasteiger partial charge in [-0.05, 0) is 42.9 Å². The number of hydrogen-bond acceptors (Lipinski definition) is 4. The Kier molecular flexibility index (Phi) is 5.74. The van der Waals surface area contributed by atoms with Crippen molar-refractivity contribution in [2.24, 2.45) is 0 Å². The number of hydrogen-bond donors (Lipinski definition) is 1. The zero-order chi connectivity index (χ0) is 13.8. The number of halogens is 1. The summed E-state index contributed by atoms with van der Waals surface area (Å²) in [6.07, 6.45) is 0.733. The minimum absolute atomic E-state index is 0.146. The molecular weight excluding hydrogens is 347 g/mol. The van der Waals surface area contributed by atoms with Crippen molar-refractivity contribution >= 4 is 22.6 Å². The molecule has 18 heavy (non-hydrogen) atoms. The molecule has 0 fully saturated rings. The Bertz CT molecular complexity index is 461. The van der Waals surface area contributed by atoms with E-state index in [2.05, 4.69) is 9.97 Å². The van der Waals surface area contributed by atoms with Crippen molar-refractivity contribution in [3.05, 3.63) is 25.4 Å². The maximum atomic E-state index is 11.9. The second kappa shape index (κ2) is 6.63. The normalized spacial score (nSPS) is 14.5. The van der Waals surface area contributed by atoms with Crippen LogP contribution in [0.3, 0.4) is 0 Å². The van der Waals surface area contributed by atoms with E-state index >= 15 is 0 Å². The van der Waals surface area contributed by atoms with Crippen molar-refractivity contribution in [1.29, 1.82) is 0 Å². The van der Waals surface area contributed by atoms with Crippen LogP contribution in [0.15, 0.2) is 4.79 Å². The number of nitrogens with one attached hydrogen (secondary N) is 1. The summed E-state index contributed by atoms with van der Waals surface area (Å²) in [6, 6.07) is 0. The average molecular weight is 366 g/mol. The molecule has 0 aliphatic carbocycles. The van der Waals surface area contributed by atoms with Crippen LogP contribution in [0.5, 0.6) is 0 Å². The second-order valence-electron chi connectivity index (χ2n) is 4.13. The molecule has 1 rings (SSSR count). The summed E-state index contributed by atoms with van der Waals surface area (Å²) in [7, 11) is 1.58. The first-order valence-corrected chi connectivity index (χ1v) is 6.98. The summed E-state index contributed by atoms with van der Waals surface area (Å²) in [6.45, 7) is 6.75. The summed E-state index contributed by atoms with van der Waals surface area (Å²) in [5, 5.41) is 0. The van der Waals surface area contributed by atoms with E-state index in [1.165, 1.54) is 0 Å². The standard InChI is InChI=1S/C12H19IN2O3/c1-5-12(3,18-6-2)11-14-8(7-17-4)9(13)10(16)15-11/h5-7H2,1-4H3,(H,14,15,16). The van der Waals surface area contributed by atoms with Crippen LogP contribution in [0.1, 0.15) is 38.7 Å². The van der Waals surface area contributed by atoms with Crippen LogP contribution < -0.4 is 5.56 Å². The number of methoxy groups -OCH3 is 1. The van der Waals surface area contributed by atoms with E-state index < -0.39 is 5.60 Å². The summed E-state index contributed by atoms with van der Waals surface area (Å²) in [5.41, 5.74) is -0.0657. The molecule has 5 nitrogen and oxygen atoms in total. The SMILES string of the molecule is CCOC(C)(CC)c1nc(COC)c(I)c(=O)[nH]1. The average Bonchev–Trinajstić information content (AvgIpc) is 2.35. The van der Waals surface area contributed by atoms with Crippen molar-refractivity contribution in [3.63, 3.8) is 0 Å². The van der Waals surface area contributed by atoms with Crippen LogP contribution in [0.4, 0.5) is 0 Å². The van der Waals surface area contributed by atoms with E-state index in [0.29, 0.717) is 28.3 Å². The molecule has 0 saturated heterocycles. The van der Waals surface area contributed by atoms with E-state index in [4.69, 9.17) is 9.47 Å². The van der Waals surface area contributed by atoms with Gasteiger partial charge in [-0.3, -0.25) is 4.79 Å². The molecule has 0 bridgehead atoms. The van der Waals surface area contributed by atoms with Crippen LogP contribution in [-0.2, 0) is 21.7 Å². The van der Waals surface area contributed by atoms with Crippen LogP contribution in [-0.4, -0.2) is 23.7 Å². The first-order valence-electron chi connectivity index (χ1n) is 5.90. The molecule has 1 atom stereocenters. The van der Waals surface area contributed by atoms with Gasteiger partial charge in [0.2, 0.25) is 0 Å². The van der Waals surface area contributed by atoms with Gasteiger partial charge in [-0.2, -0.15) is 0 Å². The van der Waals surface area contributed by atoms with Gasteiger partial charge in [-0.25, -0.2) is 4.98 Å². The second-order valence-corrected chi connectivity index (χ2v) is 5.20. The molecule has 102 valence electrons. The third kappa shape index (κ3) is 3.30. The monoisotopic (exact) mass is 366 g/mol. The fourth-order valence-electron chi connectivity index (χ4n) is 1.64. The van der Waals surface area contributed by atoms with Gasteiger partial charge >= 0.3 is 0 Å². The minimum atomic E-state index is -0.569. The third-order valence-corrected chi connectivity index (χ3v) is 3.96. The molecule has 1 unspecified atom stereocenters. The summed E-state index contributed by atoms with van der Waals surface area (Å²) in [4.78, 5) is 19.2. The molecule has 0 amide bonds. The Morgan fingerprint density at radius 2 is 2.11 bits per heavy atom. The predicted octanol–water partition coefficient (Wildman–Crippen LogP) is 2.18. The lowest BCUT2D eigenvalue weighted by Gasteiger charge is -2.27. The Morgan fingerprint density at radius 3 is 2.61 bits per heavy atom. The Balaban J connectivity index is 3.28. The van der Waals surface area contributed by atoms with E-state index in [1.807, 2.05) is 43.4 Å². The highest BCUT2D eigenvalue weighted by Gasteiger charge is 2.29. The molecule has 1 aromatic rings. The van der Waals surface area contributed by atoms with Gasteiger partial charge in [0.05, 0.1) is 12.3 Å². The van der Waals surface area contributed by atoms with E-state index in [-0.39, 0.29) is 5.56 Å². The number of aromatic amines is 1. The fourth-order valence-corrected chi connectivity index (χ4v) is 2.06. The lowest BCUT2D eigenvalue weighted by atomic mass is 10.0. The molecule has 0 radical (unpaired) electrons. The van der Waals surface area contributed by atoms with Crippen molar-refractivity contribution in [2.45, 2.75) is 39.4 Å². The quantitative estimate of drug-likeness (QED) is 0.784. The largest absolute Gasteiger partial charge is 0.378 e. The summed E-state index contributed by atoms with van der Waals surface area (Å²) >= 11 is 1.98. The van der Waals surface area contributed by atoms with Gasteiger partial charge in [0.25, 0.3) is 5.56 Å². The van der Waals surface area contributed by atoms with E-state index in [0.717, 1.165) is 6.42 Å². The molecule has 6 heteroatoms. The molecule has 1 aromatic heterocycles. The lowest BCUT2D eigenvalue weighted by molar-refractivity contribution is -0.0395. The molecule has 0 aliphatic heterocycles. The Morgan fingerprint density at radius 1 is 1.44 bits per heavy atom. The van der Waals surface area contributed by atoms with Crippen molar-refractivity contribution in [2.75, 3.05) is 13.7 Å². The Hall–Kier alpha value is -0.470. The molecule has 1 heterocycles. The molecule has 0 aliphatic rings. The van der Waals surface area contributed by atoms with Crippen LogP contribution in [0.25, 0.3) is 0 Å². The van der Waals surface area contributed by atoms with Gasteiger partial charge in [-0.1, -0.05) is 6.92 Å². The maximum absolute atomic E-state index is 11.9. The maximum Gasteiger partial charge on any atom is 0.264 e. The van der Waals surface area contributed by atoms with E-state index in [9.17, 15) is 4.79 Å². The van der Waals surface area contributed by atoms with Crippen LogP contribution >= 0.6 is 22.6 Å². The molecule has 1 N–H and O–H groups in total. The highest BCUT2D eigenvalue weighted by Crippen LogP contribution is 2.25.